The fraction of sp³-hybridized carbons (Fsp3) is 0.593. The predicted octanol–water partition coefficient (Wildman–Crippen LogP) is 6.64. The van der Waals surface area contributed by atoms with Gasteiger partial charge in [0.15, 0.2) is 0 Å². The summed E-state index contributed by atoms with van der Waals surface area (Å²) >= 11 is 4.98. The van der Waals surface area contributed by atoms with Crippen molar-refractivity contribution < 1.29 is 118 Å². The molecule has 0 aromatic heterocycles. The first-order valence-electron chi connectivity index (χ1n) is 25.3. The topological polar surface area (TPSA) is 322 Å². The zero-order chi connectivity index (χ0) is 66.9. The number of rotatable bonds is 37. The van der Waals surface area contributed by atoms with Crippen LogP contribution in [0.25, 0.3) is 0 Å². The average molecular weight is 1300 g/mol. The van der Waals surface area contributed by atoms with Gasteiger partial charge in [-0.1, -0.05) is 32.9 Å². The molecule has 2 unspecified atom stereocenters. The van der Waals surface area contributed by atoms with Gasteiger partial charge in [-0.25, -0.2) is 24.0 Å². The summed E-state index contributed by atoms with van der Waals surface area (Å²) in [4.78, 5) is 65.1. The van der Waals surface area contributed by atoms with Crippen molar-refractivity contribution in [3.63, 3.8) is 0 Å². The number of thioether (sulfide) groups is 1. The van der Waals surface area contributed by atoms with Crippen LogP contribution in [0.1, 0.15) is 46.5 Å². The van der Waals surface area contributed by atoms with E-state index >= 15 is 0 Å². The lowest BCUT2D eigenvalue weighted by Gasteiger charge is -2.22. The molecule has 0 aromatic rings. The Morgan fingerprint density at radius 1 is 0.488 bits per heavy atom. The smallest absolute Gasteiger partial charge is 0.340 e. The van der Waals surface area contributed by atoms with E-state index in [1.54, 1.807) is 64.0 Å². The van der Waals surface area contributed by atoms with Crippen LogP contribution in [-0.4, -0.2) is 208 Å². The lowest BCUT2D eigenvalue weighted by Crippen LogP contribution is -2.36. The maximum atomic E-state index is 11.3. The van der Waals surface area contributed by atoms with Crippen molar-refractivity contribution in [1.82, 2.24) is 0 Å². The summed E-state index contributed by atoms with van der Waals surface area (Å²) in [6, 6.07) is 2.98. The molecule has 25 nitrogen and oxygen atoms in total. The van der Waals surface area contributed by atoms with Gasteiger partial charge in [-0.3, -0.25) is 4.79 Å². The molecular weight excluding hydrogens is 1200 g/mol. The third-order valence-electron chi connectivity index (χ3n) is 9.58. The van der Waals surface area contributed by atoms with E-state index in [0.29, 0.717) is 17.3 Å². The van der Waals surface area contributed by atoms with Crippen LogP contribution in [0.5, 0.6) is 0 Å². The molecule has 0 bridgehead atoms. The molecule has 0 aliphatic heterocycles. The Hall–Kier alpha value is -4.43. The average Bonchev–Trinajstić information content (AvgIpc) is 3.46. The fourth-order valence-electron chi connectivity index (χ4n) is 4.08. The molecular formula is C54H100O25S2Si3. The molecule has 0 spiro atoms. The maximum absolute atomic E-state index is 11.3. The Balaban J connectivity index is -0.000000168. The van der Waals surface area contributed by atoms with Crippen molar-refractivity contribution in [2.45, 2.75) is 96.4 Å². The summed E-state index contributed by atoms with van der Waals surface area (Å²) in [5.74, 6) is -4.26. The van der Waals surface area contributed by atoms with Gasteiger partial charge in [0.2, 0.25) is 0 Å². The molecule has 490 valence electrons. The van der Waals surface area contributed by atoms with Crippen LogP contribution in [-0.2, 0) is 98.0 Å². The van der Waals surface area contributed by atoms with Crippen LogP contribution in [0, 0.1) is 0 Å². The highest BCUT2D eigenvalue weighted by Gasteiger charge is 2.29. The number of carbonyl (C=O) groups is 6. The monoisotopic (exact) mass is 1300 g/mol. The highest BCUT2D eigenvalue weighted by atomic mass is 32.2. The first-order valence-corrected chi connectivity index (χ1v) is 34.7. The van der Waals surface area contributed by atoms with Crippen molar-refractivity contribution in [3.05, 3.63) is 99.3 Å². The Labute approximate surface area is 512 Å². The zero-order valence-electron chi connectivity index (χ0n) is 52.3. The summed E-state index contributed by atoms with van der Waals surface area (Å²) in [7, 11) is 9.94. The van der Waals surface area contributed by atoms with E-state index < -0.39 is 91.5 Å². The van der Waals surface area contributed by atoms with Crippen LogP contribution in [0.15, 0.2) is 99.3 Å². The molecule has 4 N–H and O–H groups in total. The number of aliphatic hydroxyl groups excluding tert-OH is 4. The van der Waals surface area contributed by atoms with E-state index in [4.69, 9.17) is 61.2 Å². The van der Waals surface area contributed by atoms with Crippen molar-refractivity contribution in [2.75, 3.05) is 114 Å². The number of carbonyl (C=O) groups excluding carboxylic acids is 6. The highest BCUT2D eigenvalue weighted by molar-refractivity contribution is 7.99. The lowest BCUT2D eigenvalue weighted by atomic mass is 10.4. The van der Waals surface area contributed by atoms with Gasteiger partial charge in [0.05, 0.1) is 31.8 Å². The van der Waals surface area contributed by atoms with E-state index in [-0.39, 0.29) is 36.4 Å². The predicted molar refractivity (Wildman–Crippen MR) is 332 cm³/mol. The molecule has 0 rings (SSSR count). The summed E-state index contributed by atoms with van der Waals surface area (Å²) in [5.41, 5.74) is 0.553. The Morgan fingerprint density at radius 3 is 0.964 bits per heavy atom. The number of thiol groups is 1. The maximum Gasteiger partial charge on any atom is 0.340 e. The van der Waals surface area contributed by atoms with E-state index in [1.807, 2.05) is 0 Å². The second kappa shape index (κ2) is 60.3. The molecule has 30 heteroatoms. The van der Waals surface area contributed by atoms with Gasteiger partial charge in [0.25, 0.3) is 17.8 Å². The van der Waals surface area contributed by atoms with Gasteiger partial charge in [-0.2, -0.15) is 24.4 Å². The molecule has 0 aliphatic carbocycles. The molecule has 0 aliphatic rings. The van der Waals surface area contributed by atoms with Crippen molar-refractivity contribution in [1.29, 1.82) is 0 Å². The number of hydrogen-bond acceptors (Lipinski definition) is 27. The number of aliphatic hydroxyl groups is 4. The number of ether oxygens (including phenoxy) is 9. The third-order valence-corrected chi connectivity index (χ3v) is 20.1. The minimum Gasteiger partial charge on any atom is -0.398 e. The molecule has 0 radical (unpaired) electrons. The van der Waals surface area contributed by atoms with Gasteiger partial charge < -0.3 is 89.6 Å². The summed E-state index contributed by atoms with van der Waals surface area (Å²) in [6.07, 6.45) is 3.54. The largest absolute Gasteiger partial charge is 0.398 e. The van der Waals surface area contributed by atoms with Crippen molar-refractivity contribution >= 4 is 85.9 Å². The van der Waals surface area contributed by atoms with E-state index in [0.717, 1.165) is 69.4 Å². The van der Waals surface area contributed by atoms with Crippen molar-refractivity contribution in [3.8, 4) is 0 Å². The summed E-state index contributed by atoms with van der Waals surface area (Å²) in [6.45, 7) is 38.4. The number of hydrogen-bond donors (Lipinski definition) is 5. The van der Waals surface area contributed by atoms with Crippen LogP contribution < -0.4 is 0 Å². The Kier molecular flexibility index (Phi) is 66.9. The minimum absolute atomic E-state index is 0.0759. The normalized spacial score (nSPS) is 11.0. The number of esters is 6. The first-order chi connectivity index (χ1) is 39.2. The molecule has 0 amide bonds. The molecule has 0 aromatic carbocycles. The molecule has 0 heterocycles. The van der Waals surface area contributed by atoms with Crippen LogP contribution in [0.4, 0.5) is 0 Å². The molecule has 0 fully saturated rings. The van der Waals surface area contributed by atoms with Gasteiger partial charge in [0.1, 0.15) is 0 Å². The minimum atomic E-state index is -1.81. The quantitative estimate of drug-likeness (QED) is 0.00827. The first kappa shape index (κ1) is 93.3. The van der Waals surface area contributed by atoms with Gasteiger partial charge >= 0.3 is 61.5 Å². The third kappa shape index (κ3) is 63.6. The highest BCUT2D eigenvalue weighted by Crippen LogP contribution is 2.15. The number of methoxy groups -OCH3 is 3. The van der Waals surface area contributed by atoms with E-state index in [9.17, 15) is 28.8 Å². The SMILES string of the molecule is C=C(OC(=O)CCSCC(O)CO)OC(=O)C(=C)C.C=CC(=O)OC(=C)OC(=O)C(=C)C.C=CC(=O)OC(=C)OC(=O)C(=C)C.COCCC[Si](C)(OC)OC.COCCC[Si](C)(OC)OC.COCCC[Si](C)(OC)OC.OCC(O)CS. The molecule has 0 saturated carbocycles. The standard InChI is InChI=1S/C12H18O6S.2C9H10O4.3C7H18O3Si.C3H8O2S/c1-8(2)12(16)18-9(3)17-11(15)4-5-19-7-10(14)6-13;2*1-5-8(10)12-7(4)13-9(11)6(2)3;3*1-8-6-5-7-11(4,9-2)10-3;4-1-3(5)2-6/h10,13-14H,1,3-7H2,2H3;2*5H,1-2,4H2,3H3;3*5-7H2,1-4H3;3-6H,1-2H2. The Morgan fingerprint density at radius 2 is 0.762 bits per heavy atom. The van der Waals surface area contributed by atoms with Gasteiger partial charge in [0, 0.05) is 130 Å². The van der Waals surface area contributed by atoms with Gasteiger partial charge in [-0.15, -0.1) is 0 Å². The zero-order valence-corrected chi connectivity index (χ0v) is 57.0. The molecule has 84 heavy (non-hydrogen) atoms. The Bertz CT molecular complexity index is 1790. The van der Waals surface area contributed by atoms with Crippen molar-refractivity contribution in [2.24, 2.45) is 0 Å². The molecule has 2 atom stereocenters. The van der Waals surface area contributed by atoms with E-state index in [2.05, 4.69) is 113 Å². The summed E-state index contributed by atoms with van der Waals surface area (Å²) in [5, 5.41) is 34.0. The fourth-order valence-corrected chi connectivity index (χ4v) is 9.14. The van der Waals surface area contributed by atoms with Crippen LogP contribution in [0.2, 0.25) is 37.8 Å². The second-order valence-electron chi connectivity index (χ2n) is 16.9. The van der Waals surface area contributed by atoms with Gasteiger partial charge in [-0.05, 0) is 97.5 Å². The summed E-state index contributed by atoms with van der Waals surface area (Å²) < 4.78 is 73.5. The van der Waals surface area contributed by atoms with E-state index in [1.165, 1.54) is 32.5 Å². The van der Waals surface area contributed by atoms with Crippen LogP contribution >= 0.6 is 24.4 Å². The molecule has 0 saturated heterocycles. The van der Waals surface area contributed by atoms with Crippen LogP contribution in [0.3, 0.4) is 0 Å². The second-order valence-corrected chi connectivity index (χ2v) is 29.2. The lowest BCUT2D eigenvalue weighted by molar-refractivity contribution is -0.152.